The molecule has 108 valence electrons. The summed E-state index contributed by atoms with van der Waals surface area (Å²) in [6, 6.07) is 10.0. The van der Waals surface area contributed by atoms with Crippen molar-refractivity contribution >= 4 is 17.2 Å². The van der Waals surface area contributed by atoms with E-state index in [0.717, 1.165) is 17.2 Å². The van der Waals surface area contributed by atoms with Crippen molar-refractivity contribution in [1.29, 1.82) is 0 Å². The molecule has 0 fully saturated rings. The Morgan fingerprint density at radius 2 is 1.81 bits per heavy atom. The molecule has 0 radical (unpaired) electrons. The number of hydrogen-bond donors (Lipinski definition) is 0. The SMILES string of the molecule is Cc1nc(Cl)cc2nnc(-c3ccccc3C(C)(C)C)n12. The molecule has 0 atom stereocenters. The van der Waals surface area contributed by atoms with Gasteiger partial charge in [-0.3, -0.25) is 4.40 Å². The molecule has 1 aromatic carbocycles. The van der Waals surface area contributed by atoms with E-state index in [1.54, 1.807) is 6.07 Å². The molecule has 0 spiro atoms. The minimum atomic E-state index is 0.0240. The van der Waals surface area contributed by atoms with Crippen LogP contribution in [0.15, 0.2) is 30.3 Å². The second-order valence-electron chi connectivity index (χ2n) is 6.14. The van der Waals surface area contributed by atoms with Crippen LogP contribution in [-0.2, 0) is 5.41 Å². The summed E-state index contributed by atoms with van der Waals surface area (Å²) in [5.74, 6) is 1.58. The highest BCUT2D eigenvalue weighted by molar-refractivity contribution is 6.29. The maximum atomic E-state index is 5.99. The molecule has 0 unspecified atom stereocenters. The quantitative estimate of drug-likeness (QED) is 0.637. The van der Waals surface area contributed by atoms with Gasteiger partial charge in [0.15, 0.2) is 11.5 Å². The molecule has 3 rings (SSSR count). The standard InChI is InChI=1S/C16H17ClN4/c1-10-18-13(17)9-14-19-20-15(21(10)14)11-7-5-6-8-12(11)16(2,3)4/h5-9H,1-4H3. The molecule has 0 saturated carbocycles. The van der Waals surface area contributed by atoms with Gasteiger partial charge in [0.25, 0.3) is 0 Å². The van der Waals surface area contributed by atoms with Crippen LogP contribution in [0.4, 0.5) is 0 Å². The van der Waals surface area contributed by atoms with Crippen molar-refractivity contribution in [2.75, 3.05) is 0 Å². The predicted molar refractivity (Wildman–Crippen MR) is 84.7 cm³/mol. The minimum Gasteiger partial charge on any atom is -0.263 e. The number of benzene rings is 1. The molecular formula is C16H17ClN4. The molecule has 0 aliphatic heterocycles. The topological polar surface area (TPSA) is 43.1 Å². The summed E-state index contributed by atoms with van der Waals surface area (Å²) in [6.07, 6.45) is 0. The van der Waals surface area contributed by atoms with Crippen LogP contribution in [0.5, 0.6) is 0 Å². The van der Waals surface area contributed by atoms with Crippen LogP contribution < -0.4 is 0 Å². The van der Waals surface area contributed by atoms with E-state index in [9.17, 15) is 0 Å². The van der Waals surface area contributed by atoms with Gasteiger partial charge < -0.3 is 0 Å². The summed E-state index contributed by atoms with van der Waals surface area (Å²) in [5.41, 5.74) is 3.04. The van der Waals surface area contributed by atoms with E-state index in [4.69, 9.17) is 11.6 Å². The molecular weight excluding hydrogens is 284 g/mol. The van der Waals surface area contributed by atoms with Gasteiger partial charge in [-0.15, -0.1) is 10.2 Å². The van der Waals surface area contributed by atoms with Gasteiger partial charge in [-0.25, -0.2) is 4.98 Å². The Balaban J connectivity index is 2.32. The number of aryl methyl sites for hydroxylation is 1. The Bertz CT molecular complexity index is 815. The van der Waals surface area contributed by atoms with E-state index in [0.29, 0.717) is 10.8 Å². The van der Waals surface area contributed by atoms with Crippen LogP contribution in [0.25, 0.3) is 17.0 Å². The third-order valence-electron chi connectivity index (χ3n) is 3.50. The fourth-order valence-electron chi connectivity index (χ4n) is 2.56. The highest BCUT2D eigenvalue weighted by Gasteiger charge is 2.21. The molecule has 0 aliphatic carbocycles. The number of hydrogen-bond acceptors (Lipinski definition) is 3. The average Bonchev–Trinajstić information content (AvgIpc) is 2.81. The van der Waals surface area contributed by atoms with Gasteiger partial charge in [-0.2, -0.15) is 0 Å². The van der Waals surface area contributed by atoms with Crippen molar-refractivity contribution in [2.24, 2.45) is 0 Å². The lowest BCUT2D eigenvalue weighted by Gasteiger charge is -2.22. The normalized spacial score (nSPS) is 12.0. The molecule has 2 aromatic heterocycles. The van der Waals surface area contributed by atoms with Gasteiger partial charge in [0.2, 0.25) is 0 Å². The van der Waals surface area contributed by atoms with Crippen LogP contribution in [0, 0.1) is 6.92 Å². The minimum absolute atomic E-state index is 0.0240. The van der Waals surface area contributed by atoms with E-state index in [2.05, 4.69) is 54.2 Å². The highest BCUT2D eigenvalue weighted by atomic mass is 35.5. The van der Waals surface area contributed by atoms with Gasteiger partial charge in [0.05, 0.1) is 0 Å². The zero-order chi connectivity index (χ0) is 15.2. The fourth-order valence-corrected chi connectivity index (χ4v) is 2.78. The van der Waals surface area contributed by atoms with E-state index >= 15 is 0 Å². The van der Waals surface area contributed by atoms with E-state index in [-0.39, 0.29) is 5.41 Å². The molecule has 2 heterocycles. The van der Waals surface area contributed by atoms with Crippen molar-refractivity contribution < 1.29 is 0 Å². The third kappa shape index (κ3) is 2.40. The number of aromatic nitrogens is 4. The molecule has 21 heavy (non-hydrogen) atoms. The largest absolute Gasteiger partial charge is 0.263 e. The lowest BCUT2D eigenvalue weighted by atomic mass is 9.83. The van der Waals surface area contributed by atoms with E-state index < -0.39 is 0 Å². The van der Waals surface area contributed by atoms with Crippen molar-refractivity contribution in [3.8, 4) is 11.4 Å². The predicted octanol–water partition coefficient (Wildman–Crippen LogP) is 4.05. The van der Waals surface area contributed by atoms with Crippen molar-refractivity contribution in [3.05, 3.63) is 46.9 Å². The Morgan fingerprint density at radius 3 is 2.52 bits per heavy atom. The zero-order valence-electron chi connectivity index (χ0n) is 12.6. The molecule has 0 aliphatic rings. The lowest BCUT2D eigenvalue weighted by Crippen LogP contribution is -2.13. The first kappa shape index (κ1) is 14.0. The van der Waals surface area contributed by atoms with E-state index in [1.165, 1.54) is 5.56 Å². The first-order chi connectivity index (χ1) is 9.88. The average molecular weight is 301 g/mol. The Kier molecular flexibility index (Phi) is 3.21. The summed E-state index contributed by atoms with van der Waals surface area (Å²) in [6.45, 7) is 8.48. The first-order valence-corrected chi connectivity index (χ1v) is 7.24. The second kappa shape index (κ2) is 4.81. The summed E-state index contributed by atoms with van der Waals surface area (Å²) in [7, 11) is 0. The Labute approximate surface area is 128 Å². The van der Waals surface area contributed by atoms with Gasteiger partial charge >= 0.3 is 0 Å². The molecule has 0 N–H and O–H groups in total. The molecule has 4 nitrogen and oxygen atoms in total. The summed E-state index contributed by atoms with van der Waals surface area (Å²) in [4.78, 5) is 4.30. The van der Waals surface area contributed by atoms with Gasteiger partial charge in [-0.1, -0.05) is 56.6 Å². The molecule has 0 amide bonds. The molecule has 0 saturated heterocycles. The van der Waals surface area contributed by atoms with E-state index in [1.807, 2.05) is 17.4 Å². The van der Waals surface area contributed by atoms with Crippen LogP contribution in [0.2, 0.25) is 5.15 Å². The maximum Gasteiger partial charge on any atom is 0.170 e. The van der Waals surface area contributed by atoms with Crippen LogP contribution in [0.3, 0.4) is 0 Å². The molecule has 3 aromatic rings. The zero-order valence-corrected chi connectivity index (χ0v) is 13.3. The van der Waals surface area contributed by atoms with Gasteiger partial charge in [0, 0.05) is 11.6 Å². The van der Waals surface area contributed by atoms with Crippen LogP contribution in [-0.4, -0.2) is 19.6 Å². The first-order valence-electron chi connectivity index (χ1n) is 6.86. The highest BCUT2D eigenvalue weighted by Crippen LogP contribution is 2.32. The number of nitrogens with zero attached hydrogens (tertiary/aromatic N) is 4. The van der Waals surface area contributed by atoms with Gasteiger partial charge in [-0.05, 0) is 17.9 Å². The summed E-state index contributed by atoms with van der Waals surface area (Å²) in [5, 5.41) is 9.02. The van der Waals surface area contributed by atoms with Gasteiger partial charge in [0.1, 0.15) is 11.0 Å². The number of halogens is 1. The lowest BCUT2D eigenvalue weighted by molar-refractivity contribution is 0.591. The molecule has 0 bridgehead atoms. The monoisotopic (exact) mass is 300 g/mol. The van der Waals surface area contributed by atoms with Crippen LogP contribution in [0.1, 0.15) is 32.2 Å². The second-order valence-corrected chi connectivity index (χ2v) is 6.53. The summed E-state index contributed by atoms with van der Waals surface area (Å²) < 4.78 is 1.94. The van der Waals surface area contributed by atoms with Crippen molar-refractivity contribution in [3.63, 3.8) is 0 Å². The Hall–Kier alpha value is -1.94. The van der Waals surface area contributed by atoms with Crippen molar-refractivity contribution in [2.45, 2.75) is 33.1 Å². The van der Waals surface area contributed by atoms with Crippen molar-refractivity contribution in [1.82, 2.24) is 19.6 Å². The third-order valence-corrected chi connectivity index (χ3v) is 3.70. The molecule has 5 heteroatoms. The summed E-state index contributed by atoms with van der Waals surface area (Å²) >= 11 is 5.99. The number of rotatable bonds is 1. The number of fused-ring (bicyclic) bond motifs is 1. The smallest absolute Gasteiger partial charge is 0.170 e. The fraction of sp³-hybridized carbons (Fsp3) is 0.312. The Morgan fingerprint density at radius 1 is 1.10 bits per heavy atom. The maximum absolute atomic E-state index is 5.99. The van der Waals surface area contributed by atoms with Crippen LogP contribution >= 0.6 is 11.6 Å².